The van der Waals surface area contributed by atoms with Crippen LogP contribution in [0.5, 0.6) is 0 Å². The van der Waals surface area contributed by atoms with Gasteiger partial charge < -0.3 is 9.32 Å². The summed E-state index contributed by atoms with van der Waals surface area (Å²) in [5, 5.41) is 0. The lowest BCUT2D eigenvalue weighted by atomic mass is 10.2. The van der Waals surface area contributed by atoms with Crippen LogP contribution in [0.2, 0.25) is 0 Å². The van der Waals surface area contributed by atoms with Crippen LogP contribution >= 0.6 is 0 Å². The van der Waals surface area contributed by atoms with Crippen molar-refractivity contribution in [2.45, 2.75) is 19.0 Å². The van der Waals surface area contributed by atoms with Crippen LogP contribution in [-0.2, 0) is 11.2 Å². The maximum atomic E-state index is 13.7. The molecule has 0 aliphatic rings. The normalized spacial score (nSPS) is 11.4. The molecule has 0 N–H and O–H groups in total. The molecule has 0 fully saturated rings. The molecule has 0 saturated heterocycles. The minimum atomic E-state index is -4.52. The molecule has 0 aliphatic heterocycles. The van der Waals surface area contributed by atoms with E-state index in [2.05, 4.69) is 11.6 Å². The minimum Gasteiger partial charge on any atom is -0.441 e. The zero-order chi connectivity index (χ0) is 19.3. The van der Waals surface area contributed by atoms with E-state index in [0.717, 1.165) is 6.07 Å². The molecule has 1 amide bonds. The van der Waals surface area contributed by atoms with Crippen LogP contribution < -0.4 is 0 Å². The quantitative estimate of drug-likeness (QED) is 0.541. The average molecular weight is 374 g/mol. The monoisotopic (exact) mass is 374 g/mol. The Bertz CT molecular complexity index is 786. The first-order valence-electron chi connectivity index (χ1n) is 7.55. The van der Waals surface area contributed by atoms with Crippen molar-refractivity contribution in [3.63, 3.8) is 0 Å². The molecule has 1 aromatic carbocycles. The maximum absolute atomic E-state index is 13.7. The molecule has 1 aromatic heterocycles. The number of carbonyl (C=O) groups is 1. The van der Waals surface area contributed by atoms with Crippen molar-refractivity contribution in [3.05, 3.63) is 54.6 Å². The first-order chi connectivity index (χ1) is 12.2. The van der Waals surface area contributed by atoms with Gasteiger partial charge >= 0.3 is 6.18 Å². The van der Waals surface area contributed by atoms with Gasteiger partial charge in [-0.15, -0.1) is 6.58 Å². The van der Waals surface area contributed by atoms with E-state index in [1.54, 1.807) is 0 Å². The van der Waals surface area contributed by atoms with Gasteiger partial charge in [-0.3, -0.25) is 4.79 Å². The Morgan fingerprint density at radius 2 is 2.04 bits per heavy atom. The third-order valence-corrected chi connectivity index (χ3v) is 3.38. The van der Waals surface area contributed by atoms with E-state index in [1.165, 1.54) is 18.3 Å². The summed E-state index contributed by atoms with van der Waals surface area (Å²) in [5.41, 5.74) is -0.0122. The van der Waals surface area contributed by atoms with Gasteiger partial charge in [-0.05, 0) is 12.1 Å². The molecule has 0 spiro atoms. The number of aryl methyl sites for hydroxylation is 1. The highest BCUT2D eigenvalue weighted by Crippen LogP contribution is 2.25. The van der Waals surface area contributed by atoms with Gasteiger partial charge in [0, 0.05) is 25.5 Å². The van der Waals surface area contributed by atoms with Crippen molar-refractivity contribution >= 4 is 5.91 Å². The number of carbonyl (C=O) groups excluding carboxylic acids is 1. The highest BCUT2D eigenvalue weighted by Gasteiger charge is 2.32. The summed E-state index contributed by atoms with van der Waals surface area (Å²) in [4.78, 5) is 16.4. The summed E-state index contributed by atoms with van der Waals surface area (Å²) >= 11 is 0. The maximum Gasteiger partial charge on any atom is 0.406 e. The van der Waals surface area contributed by atoms with Gasteiger partial charge in [0.15, 0.2) is 11.7 Å². The molecule has 0 aliphatic carbocycles. The van der Waals surface area contributed by atoms with E-state index in [1.807, 2.05) is 0 Å². The van der Waals surface area contributed by atoms with Crippen LogP contribution in [0.4, 0.5) is 22.0 Å². The van der Waals surface area contributed by atoms with Crippen molar-refractivity contribution in [3.8, 4) is 11.3 Å². The number of alkyl halides is 3. The van der Waals surface area contributed by atoms with Crippen molar-refractivity contribution in [1.29, 1.82) is 0 Å². The van der Waals surface area contributed by atoms with E-state index in [4.69, 9.17) is 4.42 Å². The molecule has 0 saturated carbocycles. The molecule has 0 bridgehead atoms. The first kappa shape index (κ1) is 19.6. The molecule has 4 nitrogen and oxygen atoms in total. The highest BCUT2D eigenvalue weighted by molar-refractivity contribution is 5.76. The Morgan fingerprint density at radius 1 is 1.31 bits per heavy atom. The summed E-state index contributed by atoms with van der Waals surface area (Å²) in [5.74, 6) is -2.24. The second-order valence-corrected chi connectivity index (χ2v) is 5.42. The number of benzene rings is 1. The summed E-state index contributed by atoms with van der Waals surface area (Å²) in [6.45, 7) is 1.71. The largest absolute Gasteiger partial charge is 0.441 e. The van der Waals surface area contributed by atoms with E-state index in [0.29, 0.717) is 11.0 Å². The predicted octanol–water partition coefficient (Wildman–Crippen LogP) is 4.13. The molecule has 2 rings (SSSR count). The van der Waals surface area contributed by atoms with Crippen LogP contribution in [0.25, 0.3) is 11.3 Å². The SMILES string of the molecule is C=CCN(CC(F)(F)F)C(=O)CCc1ncc(-c2ccc(F)cc2F)o1. The van der Waals surface area contributed by atoms with Gasteiger partial charge in [0.1, 0.15) is 18.2 Å². The van der Waals surface area contributed by atoms with E-state index in [-0.39, 0.29) is 36.6 Å². The van der Waals surface area contributed by atoms with Crippen LogP contribution in [-0.4, -0.2) is 35.1 Å². The lowest BCUT2D eigenvalue weighted by Crippen LogP contribution is -2.39. The van der Waals surface area contributed by atoms with Crippen LogP contribution in [0.3, 0.4) is 0 Å². The number of halogens is 5. The number of rotatable bonds is 7. The standard InChI is InChI=1S/C17H15F5N2O2/c1-2-7-24(10-17(20,21)22)16(25)6-5-15-23-9-14(26-15)12-4-3-11(18)8-13(12)19/h2-4,8-9H,1,5-7,10H2. The Hall–Kier alpha value is -2.71. The Labute approximate surface area is 145 Å². The molecule has 1 heterocycles. The highest BCUT2D eigenvalue weighted by atomic mass is 19.4. The van der Waals surface area contributed by atoms with Gasteiger partial charge in [0.05, 0.1) is 11.8 Å². The zero-order valence-corrected chi connectivity index (χ0v) is 13.5. The van der Waals surface area contributed by atoms with Gasteiger partial charge in [0.2, 0.25) is 5.91 Å². The topological polar surface area (TPSA) is 46.3 Å². The number of hydrogen-bond acceptors (Lipinski definition) is 3. The van der Waals surface area contributed by atoms with Crippen LogP contribution in [0.15, 0.2) is 41.5 Å². The van der Waals surface area contributed by atoms with E-state index < -0.39 is 30.3 Å². The second kappa shape index (κ2) is 8.11. The average Bonchev–Trinajstić information content (AvgIpc) is 2.99. The van der Waals surface area contributed by atoms with Gasteiger partial charge in [-0.1, -0.05) is 6.08 Å². The Balaban J connectivity index is 2.02. The Morgan fingerprint density at radius 3 is 2.65 bits per heavy atom. The fraction of sp³-hybridized carbons (Fsp3) is 0.294. The molecular weight excluding hydrogens is 359 g/mol. The molecule has 140 valence electrons. The molecule has 9 heteroatoms. The summed E-state index contributed by atoms with van der Waals surface area (Å²) in [6.07, 6.45) is -2.45. The molecule has 0 unspecified atom stereocenters. The zero-order valence-electron chi connectivity index (χ0n) is 13.5. The number of hydrogen-bond donors (Lipinski definition) is 0. The van der Waals surface area contributed by atoms with Gasteiger partial charge in [-0.2, -0.15) is 13.2 Å². The summed E-state index contributed by atoms with van der Waals surface area (Å²) < 4.78 is 69.4. The number of nitrogens with zero attached hydrogens (tertiary/aromatic N) is 2. The lowest BCUT2D eigenvalue weighted by Gasteiger charge is -2.22. The third-order valence-electron chi connectivity index (χ3n) is 3.38. The first-order valence-corrected chi connectivity index (χ1v) is 7.55. The molecule has 26 heavy (non-hydrogen) atoms. The van der Waals surface area contributed by atoms with Crippen LogP contribution in [0, 0.1) is 11.6 Å². The van der Waals surface area contributed by atoms with Crippen molar-refractivity contribution in [2.75, 3.05) is 13.1 Å². The molecule has 2 aromatic rings. The number of amides is 1. The van der Waals surface area contributed by atoms with Crippen molar-refractivity contribution in [2.24, 2.45) is 0 Å². The minimum absolute atomic E-state index is 0.0122. The molecule has 0 atom stereocenters. The van der Waals surface area contributed by atoms with Crippen molar-refractivity contribution in [1.82, 2.24) is 9.88 Å². The summed E-state index contributed by atoms with van der Waals surface area (Å²) in [6, 6.07) is 2.91. The molecule has 0 radical (unpaired) electrons. The summed E-state index contributed by atoms with van der Waals surface area (Å²) in [7, 11) is 0. The smallest absolute Gasteiger partial charge is 0.406 e. The molecular formula is C17H15F5N2O2. The van der Waals surface area contributed by atoms with Gasteiger partial charge in [0.25, 0.3) is 0 Å². The van der Waals surface area contributed by atoms with Gasteiger partial charge in [-0.25, -0.2) is 13.8 Å². The number of aromatic nitrogens is 1. The van der Waals surface area contributed by atoms with E-state index in [9.17, 15) is 26.7 Å². The van der Waals surface area contributed by atoms with E-state index >= 15 is 0 Å². The fourth-order valence-corrected chi connectivity index (χ4v) is 2.24. The second-order valence-electron chi connectivity index (χ2n) is 5.42. The lowest BCUT2D eigenvalue weighted by molar-refractivity contribution is -0.160. The third kappa shape index (κ3) is 5.40. The number of oxazole rings is 1. The fourth-order valence-electron chi connectivity index (χ4n) is 2.24. The Kier molecular flexibility index (Phi) is 6.12. The predicted molar refractivity (Wildman–Crippen MR) is 83.0 cm³/mol. The van der Waals surface area contributed by atoms with Crippen molar-refractivity contribution < 1.29 is 31.2 Å². The van der Waals surface area contributed by atoms with Crippen LogP contribution in [0.1, 0.15) is 12.3 Å².